The summed E-state index contributed by atoms with van der Waals surface area (Å²) in [6.07, 6.45) is 2.56. The first-order chi connectivity index (χ1) is 15.8. The highest BCUT2D eigenvalue weighted by atomic mass is 16.3. The molecule has 3 heterocycles. The summed E-state index contributed by atoms with van der Waals surface area (Å²) >= 11 is 0. The van der Waals surface area contributed by atoms with Crippen molar-refractivity contribution < 1.29 is 14.7 Å². The predicted molar refractivity (Wildman–Crippen MR) is 127 cm³/mol. The Bertz CT molecular complexity index is 1220. The van der Waals surface area contributed by atoms with E-state index in [1.54, 1.807) is 24.2 Å². The van der Waals surface area contributed by atoms with Gasteiger partial charge < -0.3 is 14.6 Å². The molecule has 0 saturated carbocycles. The van der Waals surface area contributed by atoms with Gasteiger partial charge in [0.25, 0.3) is 12.4 Å². The Hall–Kier alpha value is -3.52. The summed E-state index contributed by atoms with van der Waals surface area (Å²) < 4.78 is 1.88. The number of pyridine rings is 2. The van der Waals surface area contributed by atoms with Crippen LogP contribution in [0.3, 0.4) is 0 Å². The molecular formula is C25H30N4O4. The number of likely N-dealkylation sites (N-methyl/N-ethyl adjacent to an activating group) is 2. The van der Waals surface area contributed by atoms with Crippen molar-refractivity contribution in [2.45, 2.75) is 39.4 Å². The molecule has 8 nitrogen and oxygen atoms in total. The van der Waals surface area contributed by atoms with Gasteiger partial charge in [0.1, 0.15) is 11.2 Å². The molecule has 1 N–H and O–H groups in total. The molecule has 8 heteroatoms. The van der Waals surface area contributed by atoms with E-state index in [4.69, 9.17) is 9.90 Å². The summed E-state index contributed by atoms with van der Waals surface area (Å²) in [6.45, 7) is 5.71. The number of hydrogen-bond acceptors (Lipinski definition) is 5. The number of fused-ring (bicyclic) bond motifs is 2. The van der Waals surface area contributed by atoms with E-state index in [1.807, 2.05) is 24.5 Å². The molecule has 1 unspecified atom stereocenters. The van der Waals surface area contributed by atoms with Crippen LogP contribution in [0.25, 0.3) is 11.0 Å². The molecule has 0 aliphatic carbocycles. The number of amides is 1. The van der Waals surface area contributed by atoms with Crippen LogP contribution >= 0.6 is 0 Å². The SMILES string of the molecule is CCn1cc(C(=O)N(C)CC2Cc3ccccc3CN2C)c(=O)c2ccc(C)nc21.O=CO. The number of benzene rings is 1. The molecule has 1 aliphatic rings. The highest BCUT2D eigenvalue weighted by molar-refractivity contribution is 5.96. The Kier molecular flexibility index (Phi) is 7.60. The lowest BCUT2D eigenvalue weighted by Crippen LogP contribution is -2.46. The first-order valence-corrected chi connectivity index (χ1v) is 10.9. The van der Waals surface area contributed by atoms with E-state index in [1.165, 1.54) is 11.1 Å². The fraction of sp³-hybridized carbons (Fsp3) is 0.360. The van der Waals surface area contributed by atoms with Gasteiger partial charge >= 0.3 is 0 Å². The van der Waals surface area contributed by atoms with Crippen LogP contribution in [0.15, 0.2) is 47.4 Å². The third-order valence-corrected chi connectivity index (χ3v) is 6.08. The first-order valence-electron chi connectivity index (χ1n) is 10.9. The van der Waals surface area contributed by atoms with E-state index in [0.29, 0.717) is 24.1 Å². The summed E-state index contributed by atoms with van der Waals surface area (Å²) in [7, 11) is 3.87. The summed E-state index contributed by atoms with van der Waals surface area (Å²) in [4.78, 5) is 43.1. The average molecular weight is 451 g/mol. The molecule has 0 radical (unpaired) electrons. The molecule has 174 valence electrons. The largest absolute Gasteiger partial charge is 0.483 e. The molecule has 3 aromatic rings. The highest BCUT2D eigenvalue weighted by Gasteiger charge is 2.27. The summed E-state index contributed by atoms with van der Waals surface area (Å²) in [5.41, 5.74) is 4.11. The normalized spacial score (nSPS) is 15.3. The van der Waals surface area contributed by atoms with Gasteiger partial charge in [-0.3, -0.25) is 19.3 Å². The topological polar surface area (TPSA) is 95.7 Å². The second-order valence-corrected chi connectivity index (χ2v) is 8.31. The quantitative estimate of drug-likeness (QED) is 0.614. The number of nitrogens with zero attached hydrogens (tertiary/aromatic N) is 4. The maximum atomic E-state index is 13.2. The monoisotopic (exact) mass is 450 g/mol. The van der Waals surface area contributed by atoms with Gasteiger partial charge in [0.2, 0.25) is 5.43 Å². The fourth-order valence-electron chi connectivity index (χ4n) is 4.28. The molecule has 0 saturated heterocycles. The van der Waals surface area contributed by atoms with Gasteiger partial charge in [0.15, 0.2) is 0 Å². The van der Waals surface area contributed by atoms with E-state index in [9.17, 15) is 9.59 Å². The zero-order chi connectivity index (χ0) is 24.1. The molecule has 1 aromatic carbocycles. The van der Waals surface area contributed by atoms with Gasteiger partial charge in [-0.25, -0.2) is 4.98 Å². The number of aromatic nitrogens is 2. The Morgan fingerprint density at radius 3 is 2.58 bits per heavy atom. The van der Waals surface area contributed by atoms with Crippen molar-refractivity contribution in [3.8, 4) is 0 Å². The van der Waals surface area contributed by atoms with Gasteiger partial charge in [-0.05, 0) is 50.6 Å². The van der Waals surface area contributed by atoms with E-state index < -0.39 is 0 Å². The van der Waals surface area contributed by atoms with Crippen LogP contribution in [0.1, 0.15) is 34.1 Å². The van der Waals surface area contributed by atoms with E-state index >= 15 is 0 Å². The van der Waals surface area contributed by atoms with E-state index in [0.717, 1.165) is 18.7 Å². The molecule has 4 rings (SSSR count). The Balaban J connectivity index is 0.000000968. The highest BCUT2D eigenvalue weighted by Crippen LogP contribution is 2.22. The van der Waals surface area contributed by atoms with E-state index in [2.05, 4.69) is 41.2 Å². The van der Waals surface area contributed by atoms with Crippen LogP contribution in [0.5, 0.6) is 0 Å². The minimum absolute atomic E-state index is 0.205. The smallest absolute Gasteiger partial charge is 0.290 e. The van der Waals surface area contributed by atoms with Gasteiger partial charge in [-0.1, -0.05) is 24.3 Å². The minimum Gasteiger partial charge on any atom is -0.483 e. The Morgan fingerprint density at radius 1 is 1.24 bits per heavy atom. The maximum absolute atomic E-state index is 13.2. The van der Waals surface area contributed by atoms with Gasteiger partial charge in [0, 0.05) is 44.6 Å². The van der Waals surface area contributed by atoms with Crippen molar-refractivity contribution in [3.63, 3.8) is 0 Å². The van der Waals surface area contributed by atoms with Crippen LogP contribution in [-0.2, 0) is 24.3 Å². The number of rotatable bonds is 4. The number of aryl methyl sites for hydroxylation is 2. The molecule has 1 aliphatic heterocycles. The lowest BCUT2D eigenvalue weighted by atomic mass is 9.94. The molecule has 0 fully saturated rings. The van der Waals surface area contributed by atoms with Crippen molar-refractivity contribution in [1.82, 2.24) is 19.4 Å². The van der Waals surface area contributed by atoms with E-state index in [-0.39, 0.29) is 29.4 Å². The summed E-state index contributed by atoms with van der Waals surface area (Å²) in [5.74, 6) is -0.239. The molecule has 0 bridgehead atoms. The maximum Gasteiger partial charge on any atom is 0.290 e. The van der Waals surface area contributed by atoms with Crippen molar-refractivity contribution in [2.75, 3.05) is 20.6 Å². The van der Waals surface area contributed by atoms with Gasteiger partial charge in [0.05, 0.1) is 5.39 Å². The Labute approximate surface area is 193 Å². The van der Waals surface area contributed by atoms with Crippen LogP contribution in [-0.4, -0.2) is 63.5 Å². The standard InChI is InChI=1S/C24H28N4O2.CH2O2/c1-5-28-15-21(22(29)20-11-10-16(2)25-23(20)28)24(30)27(4)14-19-12-17-8-6-7-9-18(17)13-26(19)3;2-1-3/h6-11,15,19H,5,12-14H2,1-4H3;1H,(H,2,3). The van der Waals surface area contributed by atoms with Crippen LogP contribution in [0.2, 0.25) is 0 Å². The number of hydrogen-bond donors (Lipinski definition) is 1. The minimum atomic E-state index is -0.250. The van der Waals surface area contributed by atoms with Gasteiger partial charge in [-0.2, -0.15) is 0 Å². The van der Waals surface area contributed by atoms with Crippen molar-refractivity contribution in [3.05, 3.63) is 75.2 Å². The van der Waals surface area contributed by atoms with Crippen molar-refractivity contribution >= 4 is 23.4 Å². The first kappa shape index (κ1) is 24.1. The van der Waals surface area contributed by atoms with Crippen LogP contribution < -0.4 is 5.43 Å². The summed E-state index contributed by atoms with van der Waals surface area (Å²) in [5, 5.41) is 7.38. The second kappa shape index (κ2) is 10.4. The summed E-state index contributed by atoms with van der Waals surface area (Å²) in [6, 6.07) is 12.3. The lowest BCUT2D eigenvalue weighted by molar-refractivity contribution is -0.122. The fourth-order valence-corrected chi connectivity index (χ4v) is 4.28. The number of carbonyl (C=O) groups is 2. The molecule has 2 aromatic heterocycles. The predicted octanol–water partition coefficient (Wildman–Crippen LogP) is 2.55. The number of carboxylic acid groups (broad SMARTS) is 1. The lowest BCUT2D eigenvalue weighted by Gasteiger charge is -2.36. The molecule has 1 atom stereocenters. The zero-order valence-corrected chi connectivity index (χ0v) is 19.5. The molecular weight excluding hydrogens is 420 g/mol. The van der Waals surface area contributed by atoms with Gasteiger partial charge in [-0.15, -0.1) is 0 Å². The zero-order valence-electron chi connectivity index (χ0n) is 19.5. The van der Waals surface area contributed by atoms with Crippen molar-refractivity contribution in [1.29, 1.82) is 0 Å². The third-order valence-electron chi connectivity index (χ3n) is 6.08. The molecule has 33 heavy (non-hydrogen) atoms. The van der Waals surface area contributed by atoms with Crippen LogP contribution in [0.4, 0.5) is 0 Å². The average Bonchev–Trinajstić information content (AvgIpc) is 2.80. The van der Waals surface area contributed by atoms with Crippen molar-refractivity contribution in [2.24, 2.45) is 0 Å². The third kappa shape index (κ3) is 5.12. The molecule has 0 spiro atoms. The second-order valence-electron chi connectivity index (χ2n) is 8.31. The Morgan fingerprint density at radius 2 is 1.91 bits per heavy atom. The number of carbonyl (C=O) groups excluding carboxylic acids is 1. The molecule has 1 amide bonds. The van der Waals surface area contributed by atoms with Crippen LogP contribution in [0, 0.1) is 6.92 Å².